The number of aromatic nitrogens is 3. The van der Waals surface area contributed by atoms with Crippen molar-refractivity contribution in [2.45, 2.75) is 26.9 Å². The number of imidazole rings is 1. The molecule has 9 heteroatoms. The molecule has 0 saturated carbocycles. The highest BCUT2D eigenvalue weighted by molar-refractivity contribution is 14.0. The minimum Gasteiger partial charge on any atom is -0.444 e. The smallest absolute Gasteiger partial charge is 0.214 e. The van der Waals surface area contributed by atoms with Crippen LogP contribution in [0.4, 0.5) is 0 Å². The molecule has 0 amide bonds. The summed E-state index contributed by atoms with van der Waals surface area (Å²) in [7, 11) is 1.73. The van der Waals surface area contributed by atoms with E-state index in [9.17, 15) is 0 Å². The number of hydrogen-bond donors (Lipinski definition) is 2. The second-order valence-corrected chi connectivity index (χ2v) is 5.73. The van der Waals surface area contributed by atoms with Gasteiger partial charge in [-0.3, -0.25) is 9.39 Å². The zero-order chi connectivity index (χ0) is 15.5. The molecule has 2 N–H and O–H groups in total. The molecule has 3 heterocycles. The molecule has 7 nitrogen and oxygen atoms in total. The molecule has 23 heavy (non-hydrogen) atoms. The average Bonchev–Trinajstić information content (AvgIpc) is 3.15. The van der Waals surface area contributed by atoms with Crippen LogP contribution in [0.15, 0.2) is 27.2 Å². The minimum atomic E-state index is 0. The average molecular weight is 446 g/mol. The summed E-state index contributed by atoms with van der Waals surface area (Å²) in [6, 6.07) is 0. The maximum absolute atomic E-state index is 5.53. The summed E-state index contributed by atoms with van der Waals surface area (Å²) in [4.78, 5) is 14.0. The molecule has 3 aromatic heterocycles. The van der Waals surface area contributed by atoms with Gasteiger partial charge in [-0.2, -0.15) is 0 Å². The number of oxazole rings is 1. The summed E-state index contributed by atoms with van der Waals surface area (Å²) in [5, 5.41) is 8.42. The van der Waals surface area contributed by atoms with Crippen LogP contribution in [0.1, 0.15) is 23.0 Å². The van der Waals surface area contributed by atoms with Crippen LogP contribution in [0.3, 0.4) is 0 Å². The van der Waals surface area contributed by atoms with Crippen molar-refractivity contribution in [1.82, 2.24) is 25.0 Å². The van der Waals surface area contributed by atoms with Crippen molar-refractivity contribution in [3.8, 4) is 0 Å². The molecule has 0 spiro atoms. The van der Waals surface area contributed by atoms with E-state index >= 15 is 0 Å². The number of aliphatic imine (C=N–C) groups is 1. The SMILES string of the molecule is CN=C(NCc1cn2ccsc2n1)NCc1nc(C)c(C)o1.I. The lowest BCUT2D eigenvalue weighted by atomic mass is 10.4. The molecule has 0 aliphatic rings. The molecule has 0 aliphatic carbocycles. The van der Waals surface area contributed by atoms with Crippen LogP contribution in [0, 0.1) is 13.8 Å². The van der Waals surface area contributed by atoms with Crippen LogP contribution in [-0.4, -0.2) is 27.4 Å². The Labute approximate surface area is 155 Å². The van der Waals surface area contributed by atoms with Crippen molar-refractivity contribution >= 4 is 46.2 Å². The summed E-state index contributed by atoms with van der Waals surface area (Å²) in [5.74, 6) is 2.18. The number of thiazole rings is 1. The summed E-state index contributed by atoms with van der Waals surface area (Å²) < 4.78 is 7.54. The van der Waals surface area contributed by atoms with E-state index in [-0.39, 0.29) is 24.0 Å². The first-order chi connectivity index (χ1) is 10.7. The fraction of sp³-hybridized carbons (Fsp3) is 0.357. The summed E-state index contributed by atoms with van der Waals surface area (Å²) >= 11 is 1.62. The summed E-state index contributed by atoms with van der Waals surface area (Å²) in [5.41, 5.74) is 1.88. The lowest BCUT2D eigenvalue weighted by Crippen LogP contribution is -2.36. The fourth-order valence-electron chi connectivity index (χ4n) is 2.03. The second kappa shape index (κ2) is 7.77. The number of halogens is 1. The van der Waals surface area contributed by atoms with E-state index in [4.69, 9.17) is 4.42 Å². The molecular formula is C14H19IN6OS. The van der Waals surface area contributed by atoms with Gasteiger partial charge in [0.25, 0.3) is 0 Å². The van der Waals surface area contributed by atoms with Gasteiger partial charge in [-0.1, -0.05) is 0 Å². The van der Waals surface area contributed by atoms with Crippen LogP contribution in [-0.2, 0) is 13.1 Å². The van der Waals surface area contributed by atoms with E-state index in [0.717, 1.165) is 22.1 Å². The Morgan fingerprint density at radius 1 is 1.30 bits per heavy atom. The number of aryl methyl sites for hydroxylation is 2. The van der Waals surface area contributed by atoms with Crippen LogP contribution in [0.2, 0.25) is 0 Å². The van der Waals surface area contributed by atoms with E-state index in [1.54, 1.807) is 18.4 Å². The van der Waals surface area contributed by atoms with Gasteiger partial charge in [0.15, 0.2) is 10.9 Å². The van der Waals surface area contributed by atoms with Gasteiger partial charge in [0.2, 0.25) is 5.89 Å². The normalized spacial score (nSPS) is 11.5. The number of nitrogens with one attached hydrogen (secondary N) is 2. The molecular weight excluding hydrogens is 427 g/mol. The molecule has 3 aromatic rings. The van der Waals surface area contributed by atoms with Crippen molar-refractivity contribution in [3.63, 3.8) is 0 Å². The van der Waals surface area contributed by atoms with E-state index in [2.05, 4.69) is 25.6 Å². The van der Waals surface area contributed by atoms with E-state index < -0.39 is 0 Å². The Bertz CT molecular complexity index is 757. The minimum absolute atomic E-state index is 0. The third kappa shape index (κ3) is 4.22. The molecule has 0 saturated heterocycles. The molecule has 3 rings (SSSR count). The molecule has 0 fully saturated rings. The largest absolute Gasteiger partial charge is 0.444 e. The Morgan fingerprint density at radius 3 is 2.74 bits per heavy atom. The number of fused-ring (bicyclic) bond motifs is 1. The quantitative estimate of drug-likeness (QED) is 0.366. The highest BCUT2D eigenvalue weighted by Gasteiger charge is 2.07. The van der Waals surface area contributed by atoms with Crippen molar-refractivity contribution in [2.75, 3.05) is 7.05 Å². The highest BCUT2D eigenvalue weighted by atomic mass is 127. The monoisotopic (exact) mass is 446 g/mol. The number of hydrogen-bond acceptors (Lipinski definition) is 5. The molecule has 124 valence electrons. The Morgan fingerprint density at radius 2 is 2.09 bits per heavy atom. The van der Waals surface area contributed by atoms with Gasteiger partial charge in [-0.25, -0.2) is 9.97 Å². The molecule has 0 aliphatic heterocycles. The summed E-state index contributed by atoms with van der Waals surface area (Å²) in [6.07, 6.45) is 4.00. The first kappa shape index (κ1) is 17.7. The van der Waals surface area contributed by atoms with Gasteiger partial charge in [-0.05, 0) is 13.8 Å². The molecule has 0 unspecified atom stereocenters. The van der Waals surface area contributed by atoms with Gasteiger partial charge < -0.3 is 15.1 Å². The van der Waals surface area contributed by atoms with Gasteiger partial charge in [0.05, 0.1) is 24.5 Å². The third-order valence-corrected chi connectivity index (χ3v) is 4.05. The van der Waals surface area contributed by atoms with Gasteiger partial charge >= 0.3 is 0 Å². The van der Waals surface area contributed by atoms with Crippen LogP contribution in [0.25, 0.3) is 4.96 Å². The predicted octanol–water partition coefficient (Wildman–Crippen LogP) is 2.48. The third-order valence-electron chi connectivity index (χ3n) is 3.28. The van der Waals surface area contributed by atoms with Gasteiger partial charge in [0, 0.05) is 24.8 Å². The summed E-state index contributed by atoms with van der Waals surface area (Å²) in [6.45, 7) is 4.94. The van der Waals surface area contributed by atoms with Gasteiger partial charge in [-0.15, -0.1) is 35.3 Å². The van der Waals surface area contributed by atoms with Crippen molar-refractivity contribution in [3.05, 3.63) is 40.8 Å². The van der Waals surface area contributed by atoms with Gasteiger partial charge in [0.1, 0.15) is 5.76 Å². The zero-order valence-electron chi connectivity index (χ0n) is 13.2. The fourth-order valence-corrected chi connectivity index (χ4v) is 2.75. The zero-order valence-corrected chi connectivity index (χ0v) is 16.3. The first-order valence-corrected chi connectivity index (χ1v) is 7.82. The van der Waals surface area contributed by atoms with E-state index in [1.807, 2.05) is 36.0 Å². The highest BCUT2D eigenvalue weighted by Crippen LogP contribution is 2.11. The number of guanidine groups is 1. The molecule has 0 radical (unpaired) electrons. The van der Waals surface area contributed by atoms with Crippen molar-refractivity contribution < 1.29 is 4.42 Å². The maximum atomic E-state index is 5.53. The Hall–Kier alpha value is -1.62. The predicted molar refractivity (Wildman–Crippen MR) is 101 cm³/mol. The lowest BCUT2D eigenvalue weighted by molar-refractivity contribution is 0.463. The van der Waals surface area contributed by atoms with Crippen LogP contribution < -0.4 is 10.6 Å². The lowest BCUT2D eigenvalue weighted by Gasteiger charge is -2.09. The first-order valence-electron chi connectivity index (χ1n) is 6.94. The standard InChI is InChI=1S/C14H18N6OS.HI/c1-9-10(2)21-12(18-9)7-17-13(15-3)16-6-11-8-20-4-5-22-14(20)19-11;/h4-5,8H,6-7H2,1-3H3,(H2,15,16,17);1H. The Balaban J connectivity index is 0.00000192. The molecule has 0 atom stereocenters. The number of rotatable bonds is 4. The molecule has 0 aromatic carbocycles. The topological polar surface area (TPSA) is 79.8 Å². The second-order valence-electron chi connectivity index (χ2n) is 4.85. The van der Waals surface area contributed by atoms with E-state index in [0.29, 0.717) is 24.9 Å². The molecule has 0 bridgehead atoms. The van der Waals surface area contributed by atoms with Crippen LogP contribution >= 0.6 is 35.3 Å². The van der Waals surface area contributed by atoms with Crippen LogP contribution in [0.5, 0.6) is 0 Å². The number of nitrogens with zero attached hydrogens (tertiary/aromatic N) is 4. The Kier molecular flexibility index (Phi) is 5.99. The van der Waals surface area contributed by atoms with Crippen molar-refractivity contribution in [2.24, 2.45) is 4.99 Å². The maximum Gasteiger partial charge on any atom is 0.214 e. The van der Waals surface area contributed by atoms with Crippen molar-refractivity contribution in [1.29, 1.82) is 0 Å². The van der Waals surface area contributed by atoms with E-state index in [1.165, 1.54) is 0 Å².